The van der Waals surface area contributed by atoms with Crippen LogP contribution in [0.2, 0.25) is 0 Å². The first kappa shape index (κ1) is 21.0. The lowest BCUT2D eigenvalue weighted by atomic mass is 10.1. The number of guanidine groups is 1. The van der Waals surface area contributed by atoms with E-state index in [-0.39, 0.29) is 18.3 Å². The van der Waals surface area contributed by atoms with Crippen LogP contribution in [0.1, 0.15) is 18.4 Å². The summed E-state index contributed by atoms with van der Waals surface area (Å²) in [6, 6.07) is 3.64. The van der Waals surface area contributed by atoms with E-state index in [0.717, 1.165) is 18.4 Å². The predicted molar refractivity (Wildman–Crippen MR) is 100 cm³/mol. The van der Waals surface area contributed by atoms with E-state index in [1.807, 2.05) is 0 Å². The molecule has 0 saturated carbocycles. The van der Waals surface area contributed by atoms with Crippen LogP contribution in [0.5, 0.6) is 17.2 Å². The number of hydrogen-bond acceptors (Lipinski definition) is 5. The Hall–Kier alpha value is -2.29. The first-order valence-electron chi connectivity index (χ1n) is 8.88. The zero-order valence-corrected chi connectivity index (χ0v) is 16.0. The average Bonchev–Trinajstić information content (AvgIpc) is 2.66. The molecule has 152 valence electrons. The monoisotopic (exact) mass is 386 g/mol. The number of likely N-dealkylation sites (tertiary alicyclic amines) is 1. The highest BCUT2D eigenvalue weighted by atomic mass is 19.3. The fourth-order valence-electron chi connectivity index (χ4n) is 3.08. The lowest BCUT2D eigenvalue weighted by Crippen LogP contribution is -2.49. The van der Waals surface area contributed by atoms with Crippen molar-refractivity contribution >= 4 is 5.96 Å². The summed E-state index contributed by atoms with van der Waals surface area (Å²) in [7, 11) is 4.64. The molecule has 0 bridgehead atoms. The Kier molecular flexibility index (Phi) is 7.90. The number of phenols is 1. The molecular formula is C18H28F2N4O3. The highest BCUT2D eigenvalue weighted by Crippen LogP contribution is 2.36. The number of hydrogen-bond donors (Lipinski definition) is 3. The molecule has 1 saturated heterocycles. The van der Waals surface area contributed by atoms with Gasteiger partial charge in [0.05, 0.1) is 20.8 Å². The van der Waals surface area contributed by atoms with E-state index < -0.39 is 6.43 Å². The lowest BCUT2D eigenvalue weighted by Gasteiger charge is -2.32. The molecule has 1 aliphatic heterocycles. The van der Waals surface area contributed by atoms with Gasteiger partial charge in [-0.3, -0.25) is 9.89 Å². The number of nitrogens with zero attached hydrogens (tertiary/aromatic N) is 2. The number of benzene rings is 1. The summed E-state index contributed by atoms with van der Waals surface area (Å²) in [6.07, 6.45) is -0.717. The highest BCUT2D eigenvalue weighted by molar-refractivity contribution is 5.80. The van der Waals surface area contributed by atoms with Gasteiger partial charge in [-0.05, 0) is 30.5 Å². The van der Waals surface area contributed by atoms with Gasteiger partial charge in [0.1, 0.15) is 0 Å². The molecule has 1 aromatic rings. The molecule has 0 atom stereocenters. The van der Waals surface area contributed by atoms with E-state index in [4.69, 9.17) is 9.47 Å². The third-order valence-corrected chi connectivity index (χ3v) is 4.55. The molecule has 0 radical (unpaired) electrons. The molecule has 1 fully saturated rings. The van der Waals surface area contributed by atoms with Crippen molar-refractivity contribution in [2.45, 2.75) is 31.9 Å². The van der Waals surface area contributed by atoms with Crippen molar-refractivity contribution in [1.82, 2.24) is 15.5 Å². The van der Waals surface area contributed by atoms with E-state index in [1.165, 1.54) is 14.2 Å². The van der Waals surface area contributed by atoms with Gasteiger partial charge in [-0.1, -0.05) is 0 Å². The van der Waals surface area contributed by atoms with Crippen LogP contribution in [0.3, 0.4) is 0 Å². The first-order chi connectivity index (χ1) is 13.0. The summed E-state index contributed by atoms with van der Waals surface area (Å²) in [4.78, 5) is 6.00. The SMILES string of the molecule is CN=C(NCc1cc(OC)c(O)c(OC)c1)NC1CCN(CC(F)F)CC1. The summed E-state index contributed by atoms with van der Waals surface area (Å²) in [5.41, 5.74) is 0.858. The average molecular weight is 386 g/mol. The number of phenolic OH excluding ortho intramolecular Hbond substituents is 1. The summed E-state index contributed by atoms with van der Waals surface area (Å²) in [5, 5.41) is 16.5. The molecule has 1 aliphatic rings. The molecule has 27 heavy (non-hydrogen) atoms. The van der Waals surface area contributed by atoms with Crippen molar-refractivity contribution in [2.75, 3.05) is 40.9 Å². The molecule has 1 aromatic carbocycles. The molecule has 0 aromatic heterocycles. The Morgan fingerprint density at radius 3 is 2.33 bits per heavy atom. The molecule has 0 spiro atoms. The van der Waals surface area contributed by atoms with Crippen molar-refractivity contribution in [3.63, 3.8) is 0 Å². The van der Waals surface area contributed by atoms with Gasteiger partial charge in [0.15, 0.2) is 17.5 Å². The summed E-state index contributed by atoms with van der Waals surface area (Å²) in [6.45, 7) is 1.58. The Balaban J connectivity index is 1.88. The second-order valence-corrected chi connectivity index (χ2v) is 6.39. The molecule has 2 rings (SSSR count). The minimum absolute atomic E-state index is 0.0400. The molecule has 0 aliphatic carbocycles. The van der Waals surface area contributed by atoms with Gasteiger partial charge in [0.25, 0.3) is 6.43 Å². The van der Waals surface area contributed by atoms with Gasteiger partial charge in [0.2, 0.25) is 5.75 Å². The number of nitrogens with one attached hydrogen (secondary N) is 2. The number of piperidine rings is 1. The Morgan fingerprint density at radius 1 is 1.26 bits per heavy atom. The Morgan fingerprint density at radius 2 is 1.85 bits per heavy atom. The van der Waals surface area contributed by atoms with Gasteiger partial charge in [-0.2, -0.15) is 0 Å². The van der Waals surface area contributed by atoms with Gasteiger partial charge in [-0.15, -0.1) is 0 Å². The third kappa shape index (κ3) is 6.13. The number of halogens is 2. The molecule has 0 amide bonds. The highest BCUT2D eigenvalue weighted by Gasteiger charge is 2.22. The van der Waals surface area contributed by atoms with Crippen LogP contribution >= 0.6 is 0 Å². The fraction of sp³-hybridized carbons (Fsp3) is 0.611. The van der Waals surface area contributed by atoms with Crippen LogP contribution in [0, 0.1) is 0 Å². The maximum Gasteiger partial charge on any atom is 0.251 e. The van der Waals surface area contributed by atoms with Crippen LogP contribution in [-0.2, 0) is 6.54 Å². The van der Waals surface area contributed by atoms with Gasteiger partial charge < -0.3 is 25.2 Å². The van der Waals surface area contributed by atoms with Crippen LogP contribution in [0.15, 0.2) is 17.1 Å². The first-order valence-corrected chi connectivity index (χ1v) is 8.88. The van der Waals surface area contributed by atoms with Crippen molar-refractivity contribution in [3.05, 3.63) is 17.7 Å². The topological polar surface area (TPSA) is 78.4 Å². The number of alkyl halides is 2. The minimum Gasteiger partial charge on any atom is -0.502 e. The zero-order chi connectivity index (χ0) is 19.8. The van der Waals surface area contributed by atoms with E-state index in [9.17, 15) is 13.9 Å². The predicted octanol–water partition coefficient (Wildman–Crippen LogP) is 1.80. The Labute approximate surface area is 158 Å². The second kappa shape index (κ2) is 10.1. The van der Waals surface area contributed by atoms with Crippen LogP contribution in [-0.4, -0.2) is 69.3 Å². The summed E-state index contributed by atoms with van der Waals surface area (Å²) in [5.74, 6) is 1.26. The normalized spacial score (nSPS) is 16.4. The maximum absolute atomic E-state index is 12.5. The lowest BCUT2D eigenvalue weighted by molar-refractivity contribution is 0.0744. The molecule has 0 unspecified atom stereocenters. The second-order valence-electron chi connectivity index (χ2n) is 6.39. The number of aromatic hydroxyl groups is 1. The zero-order valence-electron chi connectivity index (χ0n) is 16.0. The number of aliphatic imine (C=N–C) groups is 1. The summed E-state index contributed by atoms with van der Waals surface area (Å²) < 4.78 is 35.2. The van der Waals surface area contributed by atoms with Gasteiger partial charge >= 0.3 is 0 Å². The van der Waals surface area contributed by atoms with Crippen molar-refractivity contribution in [3.8, 4) is 17.2 Å². The van der Waals surface area contributed by atoms with Crippen LogP contribution < -0.4 is 20.1 Å². The van der Waals surface area contributed by atoms with Crippen molar-refractivity contribution < 1.29 is 23.4 Å². The Bertz CT molecular complexity index is 610. The van der Waals surface area contributed by atoms with E-state index in [1.54, 1.807) is 24.1 Å². The van der Waals surface area contributed by atoms with Crippen molar-refractivity contribution in [1.29, 1.82) is 0 Å². The van der Waals surface area contributed by atoms with Crippen molar-refractivity contribution in [2.24, 2.45) is 4.99 Å². The quantitative estimate of drug-likeness (QED) is 0.490. The minimum atomic E-state index is -2.29. The van der Waals surface area contributed by atoms with Gasteiger partial charge in [0, 0.05) is 32.7 Å². The van der Waals surface area contributed by atoms with E-state index >= 15 is 0 Å². The van der Waals surface area contributed by atoms with Gasteiger partial charge in [-0.25, -0.2) is 8.78 Å². The fourth-order valence-corrected chi connectivity index (χ4v) is 3.08. The smallest absolute Gasteiger partial charge is 0.251 e. The third-order valence-electron chi connectivity index (χ3n) is 4.55. The van der Waals surface area contributed by atoms with Crippen LogP contribution in [0.25, 0.3) is 0 Å². The standard InChI is InChI=1S/C18H28F2N4O3/c1-21-18(23-13-4-6-24(7-5-13)11-16(19)20)22-10-12-8-14(26-2)17(25)15(9-12)27-3/h8-9,13,16,25H,4-7,10-11H2,1-3H3,(H2,21,22,23). The largest absolute Gasteiger partial charge is 0.502 e. The van der Waals surface area contributed by atoms with E-state index in [0.29, 0.717) is 37.1 Å². The van der Waals surface area contributed by atoms with E-state index in [2.05, 4.69) is 15.6 Å². The molecule has 7 nitrogen and oxygen atoms in total. The van der Waals surface area contributed by atoms with Crippen LogP contribution in [0.4, 0.5) is 8.78 Å². The molecular weight excluding hydrogens is 358 g/mol. The number of rotatable bonds is 7. The molecule has 9 heteroatoms. The number of ether oxygens (including phenoxy) is 2. The maximum atomic E-state index is 12.5. The summed E-state index contributed by atoms with van der Waals surface area (Å²) >= 11 is 0. The molecule has 3 N–H and O–H groups in total. The molecule has 1 heterocycles. The number of methoxy groups -OCH3 is 2.